The molecule has 1 rings (SSSR count). The summed E-state index contributed by atoms with van der Waals surface area (Å²) in [5, 5.41) is 9.88. The van der Waals surface area contributed by atoms with Crippen LogP contribution in [0, 0.1) is 11.8 Å². The van der Waals surface area contributed by atoms with Gasteiger partial charge in [-0.05, 0) is 31.4 Å². The molecule has 0 fully saturated rings. The summed E-state index contributed by atoms with van der Waals surface area (Å²) in [5.41, 5.74) is 0. The third-order valence-electron chi connectivity index (χ3n) is 2.90. The molecular formula is C16H22O4S. The Bertz CT molecular complexity index is 459. The highest BCUT2D eigenvalue weighted by Gasteiger charge is 2.34. The summed E-state index contributed by atoms with van der Waals surface area (Å²) >= 11 is 1.05. The van der Waals surface area contributed by atoms with Gasteiger partial charge < -0.3 is 9.84 Å². The van der Waals surface area contributed by atoms with E-state index in [2.05, 4.69) is 0 Å². The molecule has 4 nitrogen and oxygen atoms in total. The number of esters is 1. The van der Waals surface area contributed by atoms with Crippen LogP contribution < -0.4 is 0 Å². The molecule has 116 valence electrons. The van der Waals surface area contributed by atoms with E-state index in [0.29, 0.717) is 6.42 Å². The number of thioether (sulfide) groups is 1. The Morgan fingerprint density at radius 1 is 1.24 bits per heavy atom. The summed E-state index contributed by atoms with van der Waals surface area (Å²) in [7, 11) is 0. The van der Waals surface area contributed by atoms with Gasteiger partial charge in [0.05, 0.1) is 12.5 Å². The van der Waals surface area contributed by atoms with Crippen LogP contribution in [0.15, 0.2) is 35.2 Å². The first-order chi connectivity index (χ1) is 9.95. The Balaban J connectivity index is 2.81. The van der Waals surface area contributed by atoms with Crippen molar-refractivity contribution in [1.82, 2.24) is 0 Å². The van der Waals surface area contributed by atoms with E-state index < -0.39 is 18.0 Å². The molecule has 1 N–H and O–H groups in total. The minimum absolute atomic E-state index is 0.185. The fraction of sp³-hybridized carbons (Fsp3) is 0.500. The van der Waals surface area contributed by atoms with Crippen molar-refractivity contribution in [2.24, 2.45) is 11.8 Å². The van der Waals surface area contributed by atoms with Crippen LogP contribution in [0.1, 0.15) is 27.2 Å². The van der Waals surface area contributed by atoms with Gasteiger partial charge >= 0.3 is 5.97 Å². The number of ether oxygens (including phenoxy) is 1. The Labute approximate surface area is 129 Å². The first-order valence-corrected chi connectivity index (χ1v) is 7.88. The minimum atomic E-state index is -1.41. The second-order valence-corrected chi connectivity index (χ2v) is 6.24. The molecule has 1 aromatic carbocycles. The van der Waals surface area contributed by atoms with E-state index >= 15 is 0 Å². The third-order valence-corrected chi connectivity index (χ3v) is 3.91. The fourth-order valence-electron chi connectivity index (χ4n) is 1.93. The lowest BCUT2D eigenvalue weighted by Crippen LogP contribution is -2.36. The molecule has 0 aliphatic carbocycles. The third kappa shape index (κ3) is 5.89. The molecule has 0 unspecified atom stereocenters. The SMILES string of the molecule is CCOC(=O)[C@@H](O)[C@@H](CC(C)C)C(=O)Sc1ccccc1. The van der Waals surface area contributed by atoms with Crippen LogP contribution in [-0.2, 0) is 14.3 Å². The predicted molar refractivity (Wildman–Crippen MR) is 82.9 cm³/mol. The highest BCUT2D eigenvalue weighted by Crippen LogP contribution is 2.28. The van der Waals surface area contributed by atoms with Crippen molar-refractivity contribution in [3.05, 3.63) is 30.3 Å². The number of hydrogen-bond donors (Lipinski definition) is 1. The van der Waals surface area contributed by atoms with E-state index in [-0.39, 0.29) is 17.6 Å². The summed E-state index contributed by atoms with van der Waals surface area (Å²) < 4.78 is 4.82. The highest BCUT2D eigenvalue weighted by atomic mass is 32.2. The van der Waals surface area contributed by atoms with Gasteiger partial charge in [0.25, 0.3) is 0 Å². The standard InChI is InChI=1S/C16H22O4S/c1-4-20-15(18)14(17)13(10-11(2)3)16(19)21-12-8-6-5-7-9-12/h5-9,11,13-14,17H,4,10H2,1-3H3/t13-,14+/m1/s1. The molecule has 0 amide bonds. The Kier molecular flexibility index (Phi) is 7.47. The van der Waals surface area contributed by atoms with Gasteiger partial charge in [0, 0.05) is 4.90 Å². The Hall–Kier alpha value is -1.33. The predicted octanol–water partition coefficient (Wildman–Crippen LogP) is 2.89. The number of carbonyl (C=O) groups excluding carboxylic acids is 2. The zero-order valence-electron chi connectivity index (χ0n) is 12.6. The largest absolute Gasteiger partial charge is 0.464 e. The number of aliphatic hydroxyl groups is 1. The maximum absolute atomic E-state index is 12.4. The van der Waals surface area contributed by atoms with Gasteiger partial charge in [0.2, 0.25) is 0 Å². The average molecular weight is 310 g/mol. The van der Waals surface area contributed by atoms with Gasteiger partial charge in [0.1, 0.15) is 0 Å². The molecule has 0 aromatic heterocycles. The van der Waals surface area contributed by atoms with Gasteiger partial charge in [-0.15, -0.1) is 0 Å². The fourth-order valence-corrected chi connectivity index (χ4v) is 2.84. The second kappa shape index (κ2) is 8.85. The van der Waals surface area contributed by atoms with E-state index in [1.54, 1.807) is 6.92 Å². The van der Waals surface area contributed by atoms with Gasteiger partial charge in [-0.25, -0.2) is 4.79 Å². The Morgan fingerprint density at radius 3 is 2.38 bits per heavy atom. The number of rotatable bonds is 7. The summed E-state index contributed by atoms with van der Waals surface area (Å²) in [6.07, 6.45) is -0.963. The van der Waals surface area contributed by atoms with E-state index in [1.807, 2.05) is 44.2 Å². The number of hydrogen-bond acceptors (Lipinski definition) is 5. The van der Waals surface area contributed by atoms with Crippen molar-refractivity contribution in [2.45, 2.75) is 38.2 Å². The van der Waals surface area contributed by atoms with Crippen molar-refractivity contribution in [3.63, 3.8) is 0 Å². The molecule has 0 spiro atoms. The highest BCUT2D eigenvalue weighted by molar-refractivity contribution is 8.13. The second-order valence-electron chi connectivity index (χ2n) is 5.17. The lowest BCUT2D eigenvalue weighted by atomic mass is 9.93. The molecule has 0 saturated heterocycles. The maximum Gasteiger partial charge on any atom is 0.335 e. The van der Waals surface area contributed by atoms with Crippen LogP contribution in [0.25, 0.3) is 0 Å². The lowest BCUT2D eigenvalue weighted by molar-refractivity contribution is -0.157. The van der Waals surface area contributed by atoms with Gasteiger partial charge in [0.15, 0.2) is 11.2 Å². The van der Waals surface area contributed by atoms with Crippen LogP contribution in [0.4, 0.5) is 0 Å². The molecule has 0 bridgehead atoms. The van der Waals surface area contributed by atoms with E-state index in [0.717, 1.165) is 16.7 Å². The van der Waals surface area contributed by atoms with E-state index in [1.165, 1.54) is 0 Å². The summed E-state index contributed by atoms with van der Waals surface area (Å²) in [6, 6.07) is 9.20. The number of aliphatic hydroxyl groups excluding tert-OH is 1. The molecule has 1 aromatic rings. The average Bonchev–Trinajstić information content (AvgIpc) is 2.45. The van der Waals surface area contributed by atoms with Crippen molar-refractivity contribution in [3.8, 4) is 0 Å². The summed E-state index contributed by atoms with van der Waals surface area (Å²) in [6.45, 7) is 5.75. The first kappa shape index (κ1) is 17.7. The molecule has 0 aliphatic rings. The van der Waals surface area contributed by atoms with Crippen molar-refractivity contribution in [2.75, 3.05) is 6.61 Å². The zero-order valence-corrected chi connectivity index (χ0v) is 13.4. The van der Waals surface area contributed by atoms with Gasteiger partial charge in [-0.1, -0.05) is 43.8 Å². The van der Waals surface area contributed by atoms with Crippen LogP contribution >= 0.6 is 11.8 Å². The number of benzene rings is 1. The van der Waals surface area contributed by atoms with Crippen LogP contribution in [0.5, 0.6) is 0 Å². The molecule has 0 radical (unpaired) electrons. The zero-order chi connectivity index (χ0) is 15.8. The van der Waals surface area contributed by atoms with Crippen molar-refractivity contribution < 1.29 is 19.4 Å². The van der Waals surface area contributed by atoms with Crippen LogP contribution in [-0.4, -0.2) is 28.9 Å². The minimum Gasteiger partial charge on any atom is -0.464 e. The maximum atomic E-state index is 12.4. The first-order valence-electron chi connectivity index (χ1n) is 7.07. The van der Waals surface area contributed by atoms with Crippen molar-refractivity contribution >= 4 is 22.8 Å². The van der Waals surface area contributed by atoms with E-state index in [9.17, 15) is 14.7 Å². The topological polar surface area (TPSA) is 63.6 Å². The quantitative estimate of drug-likeness (QED) is 0.620. The monoisotopic (exact) mass is 310 g/mol. The molecule has 21 heavy (non-hydrogen) atoms. The summed E-state index contributed by atoms with van der Waals surface area (Å²) in [5.74, 6) is -1.29. The van der Waals surface area contributed by atoms with Gasteiger partial charge in [-0.2, -0.15) is 0 Å². The van der Waals surface area contributed by atoms with E-state index in [4.69, 9.17) is 4.74 Å². The molecule has 0 aliphatic heterocycles. The summed E-state index contributed by atoms with van der Waals surface area (Å²) in [4.78, 5) is 24.9. The normalized spacial score (nSPS) is 13.8. The Morgan fingerprint density at radius 2 is 1.86 bits per heavy atom. The molecule has 0 heterocycles. The smallest absolute Gasteiger partial charge is 0.335 e. The van der Waals surface area contributed by atoms with Crippen LogP contribution in [0.3, 0.4) is 0 Å². The molecule has 2 atom stereocenters. The van der Waals surface area contributed by atoms with Gasteiger partial charge in [-0.3, -0.25) is 4.79 Å². The molecule has 0 saturated carbocycles. The molecular weight excluding hydrogens is 288 g/mol. The number of carbonyl (C=O) groups is 2. The van der Waals surface area contributed by atoms with Crippen molar-refractivity contribution in [1.29, 1.82) is 0 Å². The lowest BCUT2D eigenvalue weighted by Gasteiger charge is -2.21. The van der Waals surface area contributed by atoms with Crippen LogP contribution in [0.2, 0.25) is 0 Å². The molecule has 5 heteroatoms.